The minimum absolute atomic E-state index is 0.0702. The minimum atomic E-state index is -0.340. The fourth-order valence-electron chi connectivity index (χ4n) is 13.1. The van der Waals surface area contributed by atoms with Gasteiger partial charge in [0.1, 0.15) is 6.10 Å². The molecule has 206 valence electrons. The lowest BCUT2D eigenvalue weighted by Gasteiger charge is -2.80. The van der Waals surface area contributed by atoms with Gasteiger partial charge in [0, 0.05) is 17.8 Å². The molecule has 6 saturated carbocycles. The molecule has 0 bridgehead atoms. The first-order valence-corrected chi connectivity index (χ1v) is 15.6. The number of ether oxygens (including phenoxy) is 1. The first-order chi connectivity index (χ1) is 17.2. The van der Waals surface area contributed by atoms with E-state index >= 15 is 0 Å². The largest absolute Gasteiger partial charge is 0.462 e. The van der Waals surface area contributed by atoms with Crippen molar-refractivity contribution >= 4 is 22.8 Å². The van der Waals surface area contributed by atoms with E-state index in [4.69, 9.17) is 16.3 Å². The van der Waals surface area contributed by atoms with Crippen LogP contribution in [0.3, 0.4) is 0 Å². The normalized spacial score (nSPS) is 55.9. The van der Waals surface area contributed by atoms with Gasteiger partial charge in [-0.05, 0) is 141 Å². The third kappa shape index (κ3) is 2.87. The van der Waals surface area contributed by atoms with Gasteiger partial charge in [-0.15, -0.1) is 0 Å². The summed E-state index contributed by atoms with van der Waals surface area (Å²) in [6.45, 7) is 18.5. The first-order valence-electron chi connectivity index (χ1n) is 15.3. The second kappa shape index (κ2) is 7.88. The van der Waals surface area contributed by atoms with Crippen LogP contribution in [0.15, 0.2) is 12.2 Å². The molecule has 0 heterocycles. The van der Waals surface area contributed by atoms with Crippen molar-refractivity contribution in [2.24, 2.45) is 56.2 Å². The topological polar surface area (TPSA) is 43.4 Å². The van der Waals surface area contributed by atoms with Crippen LogP contribution in [0.4, 0.5) is 0 Å². The predicted octanol–water partition coefficient (Wildman–Crippen LogP) is 8.49. The van der Waals surface area contributed by atoms with Crippen molar-refractivity contribution in [1.29, 1.82) is 0 Å². The van der Waals surface area contributed by atoms with Gasteiger partial charge in [-0.25, -0.2) is 0 Å². The van der Waals surface area contributed by atoms with Crippen LogP contribution < -0.4 is 0 Å². The predicted molar refractivity (Wildman–Crippen MR) is 148 cm³/mol. The summed E-state index contributed by atoms with van der Waals surface area (Å²) in [5.41, 5.74) is 2.05. The van der Waals surface area contributed by atoms with Crippen LogP contribution >= 0.6 is 11.6 Å². The molecule has 1 spiro atoms. The highest BCUT2D eigenvalue weighted by molar-refractivity contribution is 6.64. The second-order valence-electron chi connectivity index (χ2n) is 15.6. The van der Waals surface area contributed by atoms with Crippen LogP contribution in [-0.2, 0) is 14.3 Å². The van der Waals surface area contributed by atoms with Crippen molar-refractivity contribution in [3.63, 3.8) is 0 Å². The number of hydrogen-bond donors (Lipinski definition) is 0. The molecule has 0 radical (unpaired) electrons. The summed E-state index contributed by atoms with van der Waals surface area (Å²) in [4.78, 5) is 25.1. The number of allylic oxidation sites excluding steroid dienone is 1. The Bertz CT molecular complexity index is 1050. The average molecular weight is 529 g/mol. The van der Waals surface area contributed by atoms with Crippen LogP contribution in [0.5, 0.6) is 0 Å². The number of fused-ring (bicyclic) bond motifs is 6. The van der Waals surface area contributed by atoms with Crippen LogP contribution in [0.2, 0.25) is 0 Å². The van der Waals surface area contributed by atoms with E-state index in [1.54, 1.807) is 6.92 Å². The lowest BCUT2D eigenvalue weighted by molar-refractivity contribution is -0.324. The van der Waals surface area contributed by atoms with Crippen LogP contribution in [0.25, 0.3) is 0 Å². The standard InChI is InChI=1S/C33H49ClO3/c1-20(2)22-10-13-32(27(34)36)17-14-28(4)23(26(22)32)8-9-24-29(28,5)15-18-33-19-16-31(33,7)25(37-21(3)35)11-12-30(24,33)6/h22-26H,1,8-19H2,2-7H3/t22-,23+,24?,25-,26+,28+,29+,30+,31?,32-,33-/m0/s1. The van der Waals surface area contributed by atoms with Gasteiger partial charge in [-0.1, -0.05) is 39.8 Å². The van der Waals surface area contributed by atoms with E-state index < -0.39 is 0 Å². The van der Waals surface area contributed by atoms with E-state index in [9.17, 15) is 9.59 Å². The molecule has 0 N–H and O–H groups in total. The van der Waals surface area contributed by atoms with Crippen molar-refractivity contribution in [2.75, 3.05) is 0 Å². The highest BCUT2D eigenvalue weighted by Gasteiger charge is 2.78. The quantitative estimate of drug-likeness (QED) is 0.209. The summed E-state index contributed by atoms with van der Waals surface area (Å²) in [6, 6.07) is 0. The molecular formula is C33H49ClO3. The molecule has 0 saturated heterocycles. The SMILES string of the molecule is C=C(C)[C@@H]1CC[C@]2(C(=O)Cl)CC[C@]3(C)[C@H](CCC4[C@@]5(C)CC[C@H](OC(C)=O)C6(C)CC[C@]65CC[C@]43C)[C@@H]12. The van der Waals surface area contributed by atoms with Crippen LogP contribution in [-0.4, -0.2) is 17.3 Å². The van der Waals surface area contributed by atoms with E-state index in [2.05, 4.69) is 41.2 Å². The van der Waals surface area contributed by atoms with Gasteiger partial charge in [0.25, 0.3) is 0 Å². The Balaban J connectivity index is 1.39. The van der Waals surface area contributed by atoms with E-state index in [0.29, 0.717) is 23.7 Å². The minimum Gasteiger partial charge on any atom is -0.462 e. The zero-order valence-electron chi connectivity index (χ0n) is 24.2. The Morgan fingerprint density at radius 3 is 2.00 bits per heavy atom. The summed E-state index contributed by atoms with van der Waals surface area (Å²) in [5.74, 6) is 1.87. The van der Waals surface area contributed by atoms with Crippen LogP contribution in [0, 0.1) is 56.2 Å². The molecule has 6 aliphatic carbocycles. The first kappa shape index (κ1) is 26.4. The van der Waals surface area contributed by atoms with Gasteiger partial charge in [0.05, 0.1) is 0 Å². The molecule has 0 aromatic rings. The molecule has 0 amide bonds. The Morgan fingerprint density at radius 2 is 1.41 bits per heavy atom. The van der Waals surface area contributed by atoms with Gasteiger partial charge in [-0.3, -0.25) is 9.59 Å². The van der Waals surface area contributed by atoms with Gasteiger partial charge < -0.3 is 4.74 Å². The van der Waals surface area contributed by atoms with Crippen molar-refractivity contribution in [2.45, 2.75) is 125 Å². The molecule has 0 aromatic carbocycles. The molecule has 11 atom stereocenters. The summed E-state index contributed by atoms with van der Waals surface area (Å²) in [7, 11) is 0. The van der Waals surface area contributed by atoms with E-state index in [-0.39, 0.29) is 49.8 Å². The molecule has 6 aliphatic rings. The molecule has 6 rings (SSSR count). The van der Waals surface area contributed by atoms with Crippen molar-refractivity contribution in [3.8, 4) is 0 Å². The molecular weight excluding hydrogens is 480 g/mol. The maximum Gasteiger partial charge on any atom is 0.302 e. The number of esters is 1. The fraction of sp³-hybridized carbons (Fsp3) is 0.879. The number of halogens is 1. The highest BCUT2D eigenvalue weighted by Crippen LogP contribution is 2.84. The monoisotopic (exact) mass is 528 g/mol. The molecule has 4 heteroatoms. The van der Waals surface area contributed by atoms with Gasteiger partial charge in [0.2, 0.25) is 5.24 Å². The highest BCUT2D eigenvalue weighted by atomic mass is 35.5. The summed E-state index contributed by atoms with van der Waals surface area (Å²) in [5, 5.41) is -0.0702. The zero-order chi connectivity index (χ0) is 26.8. The lowest BCUT2D eigenvalue weighted by atomic mass is 9.25. The molecule has 6 fully saturated rings. The molecule has 37 heavy (non-hydrogen) atoms. The van der Waals surface area contributed by atoms with E-state index in [1.807, 2.05) is 0 Å². The van der Waals surface area contributed by atoms with Crippen LogP contribution in [0.1, 0.15) is 119 Å². The zero-order valence-corrected chi connectivity index (χ0v) is 24.9. The number of rotatable bonds is 3. The Morgan fingerprint density at radius 1 is 0.757 bits per heavy atom. The summed E-state index contributed by atoms with van der Waals surface area (Å²) in [6.07, 6.45) is 13.8. The fourth-order valence-corrected chi connectivity index (χ4v) is 13.4. The summed E-state index contributed by atoms with van der Waals surface area (Å²) < 4.78 is 6.01. The van der Waals surface area contributed by atoms with Gasteiger partial charge >= 0.3 is 5.97 Å². The van der Waals surface area contributed by atoms with Gasteiger partial charge in [0.15, 0.2) is 0 Å². The Labute approximate surface area is 229 Å². The van der Waals surface area contributed by atoms with E-state index in [0.717, 1.165) is 32.1 Å². The van der Waals surface area contributed by atoms with Crippen molar-refractivity contribution < 1.29 is 14.3 Å². The van der Waals surface area contributed by atoms with Gasteiger partial charge in [-0.2, -0.15) is 0 Å². The lowest BCUT2D eigenvalue weighted by Crippen LogP contribution is -2.74. The number of hydrogen-bond acceptors (Lipinski definition) is 3. The average Bonchev–Trinajstić information content (AvgIpc) is 3.22. The smallest absolute Gasteiger partial charge is 0.302 e. The Hall–Kier alpha value is -0.830. The molecule has 3 nitrogen and oxygen atoms in total. The number of carbonyl (C=O) groups is 2. The maximum atomic E-state index is 13.1. The molecule has 0 aromatic heterocycles. The summed E-state index contributed by atoms with van der Waals surface area (Å²) >= 11 is 6.48. The second-order valence-corrected chi connectivity index (χ2v) is 15.9. The number of carbonyl (C=O) groups excluding carboxylic acids is 2. The molecule has 2 unspecified atom stereocenters. The van der Waals surface area contributed by atoms with Crippen molar-refractivity contribution in [1.82, 2.24) is 0 Å². The maximum absolute atomic E-state index is 13.1. The third-order valence-corrected chi connectivity index (χ3v) is 15.6. The van der Waals surface area contributed by atoms with E-state index in [1.165, 1.54) is 50.5 Å². The Kier molecular flexibility index (Phi) is 5.62. The molecule has 0 aliphatic heterocycles. The van der Waals surface area contributed by atoms with Crippen molar-refractivity contribution in [3.05, 3.63) is 12.2 Å². The third-order valence-electron chi connectivity index (χ3n) is 15.2.